The minimum atomic E-state index is -4.35. The summed E-state index contributed by atoms with van der Waals surface area (Å²) in [6.07, 6.45) is -2.68. The Morgan fingerprint density at radius 1 is 1.27 bits per heavy atom. The van der Waals surface area contributed by atoms with Crippen molar-refractivity contribution in [2.45, 2.75) is 52.5 Å². The van der Waals surface area contributed by atoms with E-state index in [0.717, 1.165) is 37.1 Å². The number of pyridine rings is 1. The quantitative estimate of drug-likeness (QED) is 0.840. The van der Waals surface area contributed by atoms with E-state index in [-0.39, 0.29) is 0 Å². The van der Waals surface area contributed by atoms with Gasteiger partial charge in [-0.2, -0.15) is 13.2 Å². The van der Waals surface area contributed by atoms with Gasteiger partial charge in [-0.15, -0.1) is 0 Å². The highest BCUT2D eigenvalue weighted by molar-refractivity contribution is 5.83. The molecule has 0 aliphatic carbocycles. The van der Waals surface area contributed by atoms with Crippen LogP contribution in [0.3, 0.4) is 0 Å². The number of aryl methyl sites for hydroxylation is 1. The molecule has 0 aromatic carbocycles. The summed E-state index contributed by atoms with van der Waals surface area (Å²) in [5.41, 5.74) is 2.13. The highest BCUT2D eigenvalue weighted by Gasteiger charge is 2.33. The first kappa shape index (κ1) is 15.3. The Kier molecular flexibility index (Phi) is 3.67. The third kappa shape index (κ3) is 2.39. The first-order chi connectivity index (χ1) is 10.3. The lowest BCUT2D eigenvalue weighted by atomic mass is 10.1. The van der Waals surface area contributed by atoms with Gasteiger partial charge in [0.1, 0.15) is 5.65 Å². The number of fused-ring (bicyclic) bond motifs is 3. The third-order valence-electron chi connectivity index (χ3n) is 4.50. The van der Waals surface area contributed by atoms with E-state index in [2.05, 4.69) is 28.3 Å². The van der Waals surface area contributed by atoms with E-state index in [1.54, 1.807) is 0 Å². The molecule has 0 amide bonds. The molecule has 0 unspecified atom stereocenters. The van der Waals surface area contributed by atoms with Gasteiger partial charge in [0.25, 0.3) is 0 Å². The largest absolute Gasteiger partial charge is 0.417 e. The lowest BCUT2D eigenvalue weighted by Crippen LogP contribution is -2.38. The Labute approximate surface area is 127 Å². The Balaban J connectivity index is 2.17. The van der Waals surface area contributed by atoms with Gasteiger partial charge in [0.2, 0.25) is 0 Å². The van der Waals surface area contributed by atoms with E-state index in [1.807, 2.05) is 6.92 Å². The van der Waals surface area contributed by atoms with Crippen LogP contribution < -0.4 is 0 Å². The molecule has 1 aliphatic rings. The molecule has 0 atom stereocenters. The average molecular weight is 311 g/mol. The topological polar surface area (TPSA) is 21.1 Å². The SMILES string of the molecule is CCc1c2n(c3ncc(C(F)(F)F)cc13)CCN(C(C)C)C2. The van der Waals surface area contributed by atoms with Crippen LogP contribution in [0, 0.1) is 0 Å². The number of rotatable bonds is 2. The molecule has 6 heteroatoms. The van der Waals surface area contributed by atoms with Crippen LogP contribution in [0.1, 0.15) is 37.6 Å². The second-order valence-electron chi connectivity index (χ2n) is 6.09. The van der Waals surface area contributed by atoms with Crippen molar-refractivity contribution < 1.29 is 13.2 Å². The Hall–Kier alpha value is -1.56. The highest BCUT2D eigenvalue weighted by Crippen LogP contribution is 2.35. The molecule has 0 radical (unpaired) electrons. The van der Waals surface area contributed by atoms with Crippen molar-refractivity contribution in [3.05, 3.63) is 29.1 Å². The zero-order valence-electron chi connectivity index (χ0n) is 13.0. The molecule has 0 saturated heterocycles. The minimum Gasteiger partial charge on any atom is -0.327 e. The van der Waals surface area contributed by atoms with Gasteiger partial charge in [0, 0.05) is 43.0 Å². The van der Waals surface area contributed by atoms with Crippen LogP contribution in [-0.2, 0) is 25.7 Å². The summed E-state index contributed by atoms with van der Waals surface area (Å²) in [7, 11) is 0. The molecule has 22 heavy (non-hydrogen) atoms. The molecular weight excluding hydrogens is 291 g/mol. The van der Waals surface area contributed by atoms with Gasteiger partial charge in [0.05, 0.1) is 5.56 Å². The van der Waals surface area contributed by atoms with Crippen molar-refractivity contribution in [3.8, 4) is 0 Å². The van der Waals surface area contributed by atoms with Crippen LogP contribution in [0.4, 0.5) is 13.2 Å². The highest BCUT2D eigenvalue weighted by atomic mass is 19.4. The van der Waals surface area contributed by atoms with Gasteiger partial charge in [-0.3, -0.25) is 4.90 Å². The van der Waals surface area contributed by atoms with E-state index in [1.165, 1.54) is 6.07 Å². The number of hydrogen-bond donors (Lipinski definition) is 0. The molecule has 0 spiro atoms. The summed E-state index contributed by atoms with van der Waals surface area (Å²) in [4.78, 5) is 6.47. The standard InChI is InChI=1S/C16H20F3N3/c1-4-12-13-7-11(16(17,18)19)8-20-15(13)22-6-5-21(10(2)3)9-14(12)22/h7-8,10H,4-6,9H2,1-3H3. The van der Waals surface area contributed by atoms with E-state index in [0.29, 0.717) is 23.5 Å². The molecule has 0 N–H and O–H groups in total. The maximum absolute atomic E-state index is 12.9. The molecule has 0 bridgehead atoms. The number of hydrogen-bond acceptors (Lipinski definition) is 2. The predicted molar refractivity (Wildman–Crippen MR) is 79.7 cm³/mol. The van der Waals surface area contributed by atoms with Gasteiger partial charge in [-0.1, -0.05) is 6.92 Å². The second kappa shape index (κ2) is 5.26. The Morgan fingerprint density at radius 3 is 2.59 bits per heavy atom. The second-order valence-corrected chi connectivity index (χ2v) is 6.09. The summed E-state index contributed by atoms with van der Waals surface area (Å²) in [6.45, 7) is 8.74. The zero-order chi connectivity index (χ0) is 16.1. The van der Waals surface area contributed by atoms with Crippen LogP contribution >= 0.6 is 0 Å². The number of halogens is 3. The maximum Gasteiger partial charge on any atom is 0.417 e. The van der Waals surface area contributed by atoms with Gasteiger partial charge in [-0.05, 0) is 31.9 Å². The average Bonchev–Trinajstić information content (AvgIpc) is 2.78. The normalized spacial score (nSPS) is 16.5. The van der Waals surface area contributed by atoms with Crippen molar-refractivity contribution >= 4 is 11.0 Å². The molecule has 2 aromatic heterocycles. The fourth-order valence-corrected chi connectivity index (χ4v) is 3.25. The molecule has 2 aromatic rings. The zero-order valence-corrected chi connectivity index (χ0v) is 13.0. The van der Waals surface area contributed by atoms with E-state index < -0.39 is 11.7 Å². The molecule has 3 heterocycles. The predicted octanol–water partition coefficient (Wildman–Crippen LogP) is 3.84. The van der Waals surface area contributed by atoms with Crippen molar-refractivity contribution in [1.29, 1.82) is 0 Å². The van der Waals surface area contributed by atoms with Crippen LogP contribution in [-0.4, -0.2) is 27.0 Å². The molecule has 1 aliphatic heterocycles. The smallest absolute Gasteiger partial charge is 0.327 e. The van der Waals surface area contributed by atoms with Gasteiger partial charge in [-0.25, -0.2) is 4.98 Å². The first-order valence-corrected chi connectivity index (χ1v) is 7.64. The molecule has 0 fully saturated rings. The third-order valence-corrected chi connectivity index (χ3v) is 4.50. The first-order valence-electron chi connectivity index (χ1n) is 7.64. The van der Waals surface area contributed by atoms with Crippen LogP contribution in [0.15, 0.2) is 12.3 Å². The summed E-state index contributed by atoms with van der Waals surface area (Å²) < 4.78 is 40.9. The van der Waals surface area contributed by atoms with E-state index in [4.69, 9.17) is 0 Å². The number of aromatic nitrogens is 2. The van der Waals surface area contributed by atoms with Crippen molar-refractivity contribution in [3.63, 3.8) is 0 Å². The van der Waals surface area contributed by atoms with E-state index >= 15 is 0 Å². The lowest BCUT2D eigenvalue weighted by Gasteiger charge is -2.32. The van der Waals surface area contributed by atoms with Crippen molar-refractivity contribution in [1.82, 2.24) is 14.5 Å². The van der Waals surface area contributed by atoms with Crippen LogP contribution in [0.2, 0.25) is 0 Å². The van der Waals surface area contributed by atoms with Gasteiger partial charge >= 0.3 is 6.18 Å². The Morgan fingerprint density at radius 2 is 2.00 bits per heavy atom. The van der Waals surface area contributed by atoms with Crippen molar-refractivity contribution in [2.75, 3.05) is 6.54 Å². The number of nitrogens with zero attached hydrogens (tertiary/aromatic N) is 3. The molecule has 3 rings (SSSR count). The fourth-order valence-electron chi connectivity index (χ4n) is 3.25. The molecule has 0 saturated carbocycles. The number of alkyl halides is 3. The lowest BCUT2D eigenvalue weighted by molar-refractivity contribution is -0.137. The van der Waals surface area contributed by atoms with Crippen LogP contribution in [0.25, 0.3) is 11.0 Å². The summed E-state index contributed by atoms with van der Waals surface area (Å²) in [6, 6.07) is 1.68. The van der Waals surface area contributed by atoms with Gasteiger partial charge in [0.15, 0.2) is 0 Å². The summed E-state index contributed by atoms with van der Waals surface area (Å²) in [5, 5.41) is 0.651. The molecule has 120 valence electrons. The monoisotopic (exact) mass is 311 g/mol. The minimum absolute atomic E-state index is 0.426. The van der Waals surface area contributed by atoms with E-state index in [9.17, 15) is 13.2 Å². The van der Waals surface area contributed by atoms with Crippen LogP contribution in [0.5, 0.6) is 0 Å². The fraction of sp³-hybridized carbons (Fsp3) is 0.562. The summed E-state index contributed by atoms with van der Waals surface area (Å²) in [5.74, 6) is 0. The maximum atomic E-state index is 12.9. The summed E-state index contributed by atoms with van der Waals surface area (Å²) >= 11 is 0. The van der Waals surface area contributed by atoms with Gasteiger partial charge < -0.3 is 4.57 Å². The molecule has 3 nitrogen and oxygen atoms in total. The van der Waals surface area contributed by atoms with Crippen molar-refractivity contribution in [2.24, 2.45) is 0 Å². The Bertz CT molecular complexity index is 701. The molecular formula is C16H20F3N3.